The van der Waals surface area contributed by atoms with Gasteiger partial charge < -0.3 is 10.2 Å². The molecular formula is C19H23FN4O. The summed E-state index contributed by atoms with van der Waals surface area (Å²) in [6.07, 6.45) is 4.13. The van der Waals surface area contributed by atoms with Gasteiger partial charge in [0.15, 0.2) is 0 Å². The molecule has 0 bridgehead atoms. The van der Waals surface area contributed by atoms with E-state index in [0.717, 1.165) is 39.1 Å². The Hall–Kier alpha value is -2.47. The van der Waals surface area contributed by atoms with Crippen LogP contribution < -0.4 is 10.2 Å². The van der Waals surface area contributed by atoms with E-state index in [-0.39, 0.29) is 11.7 Å². The van der Waals surface area contributed by atoms with Crippen molar-refractivity contribution in [2.45, 2.75) is 6.42 Å². The van der Waals surface area contributed by atoms with Crippen LogP contribution in [-0.4, -0.2) is 55.1 Å². The summed E-state index contributed by atoms with van der Waals surface area (Å²) in [6.45, 7) is 5.05. The first-order valence-corrected chi connectivity index (χ1v) is 8.64. The minimum Gasteiger partial charge on any atom is -0.367 e. The Morgan fingerprint density at radius 3 is 2.52 bits per heavy atom. The molecule has 0 radical (unpaired) electrons. The average Bonchev–Trinajstić information content (AvgIpc) is 2.67. The minimum atomic E-state index is -0.158. The molecule has 1 aromatic carbocycles. The Labute approximate surface area is 147 Å². The van der Waals surface area contributed by atoms with E-state index in [1.54, 1.807) is 30.6 Å². The normalized spacial score (nSPS) is 15.2. The van der Waals surface area contributed by atoms with E-state index in [9.17, 15) is 9.18 Å². The second-order valence-electron chi connectivity index (χ2n) is 6.13. The van der Waals surface area contributed by atoms with Gasteiger partial charge in [0.2, 0.25) is 0 Å². The zero-order valence-corrected chi connectivity index (χ0v) is 14.2. The highest BCUT2D eigenvalue weighted by molar-refractivity contribution is 5.93. The van der Waals surface area contributed by atoms with Crippen LogP contribution in [0.15, 0.2) is 48.8 Å². The van der Waals surface area contributed by atoms with Crippen molar-refractivity contribution in [3.63, 3.8) is 0 Å². The summed E-state index contributed by atoms with van der Waals surface area (Å²) >= 11 is 0. The van der Waals surface area contributed by atoms with Crippen LogP contribution in [0.5, 0.6) is 0 Å². The predicted octanol–water partition coefficient (Wildman–Crippen LogP) is 2.16. The first-order chi connectivity index (χ1) is 12.2. The van der Waals surface area contributed by atoms with Crippen LogP contribution in [0.1, 0.15) is 16.8 Å². The van der Waals surface area contributed by atoms with Gasteiger partial charge in [-0.05, 0) is 37.2 Å². The topological polar surface area (TPSA) is 48.5 Å². The molecule has 1 saturated heterocycles. The number of pyridine rings is 1. The highest BCUT2D eigenvalue weighted by Gasteiger charge is 2.18. The average molecular weight is 342 g/mol. The highest BCUT2D eigenvalue weighted by atomic mass is 19.1. The summed E-state index contributed by atoms with van der Waals surface area (Å²) in [5.41, 5.74) is 1.32. The van der Waals surface area contributed by atoms with Crippen molar-refractivity contribution in [2.24, 2.45) is 0 Å². The number of aromatic nitrogens is 1. The standard InChI is InChI=1S/C19H23FN4O/c20-17-4-1-2-5-18(17)24-14-12-23(13-15-24)11-3-8-22-19(25)16-6-9-21-10-7-16/h1-2,4-7,9-10H,3,8,11-15H2,(H,22,25). The maximum absolute atomic E-state index is 13.8. The number of nitrogens with one attached hydrogen (secondary N) is 1. The Morgan fingerprint density at radius 1 is 1.08 bits per heavy atom. The lowest BCUT2D eigenvalue weighted by Gasteiger charge is -2.36. The van der Waals surface area contributed by atoms with Crippen molar-refractivity contribution in [1.82, 2.24) is 15.2 Å². The molecule has 1 amide bonds. The molecule has 132 valence electrons. The fourth-order valence-corrected chi connectivity index (χ4v) is 3.03. The third kappa shape index (κ3) is 4.76. The van der Waals surface area contributed by atoms with E-state index in [1.807, 2.05) is 12.1 Å². The molecule has 1 aromatic heterocycles. The molecule has 0 saturated carbocycles. The van der Waals surface area contributed by atoms with E-state index >= 15 is 0 Å². The van der Waals surface area contributed by atoms with E-state index < -0.39 is 0 Å². The molecule has 2 heterocycles. The number of amides is 1. The number of carbonyl (C=O) groups is 1. The second-order valence-corrected chi connectivity index (χ2v) is 6.13. The number of piperazine rings is 1. The van der Waals surface area contributed by atoms with Crippen molar-refractivity contribution in [2.75, 3.05) is 44.2 Å². The minimum absolute atomic E-state index is 0.0632. The molecule has 1 aliphatic rings. The largest absolute Gasteiger partial charge is 0.367 e. The molecule has 25 heavy (non-hydrogen) atoms. The number of rotatable bonds is 6. The van der Waals surface area contributed by atoms with E-state index in [4.69, 9.17) is 0 Å². The second kappa shape index (κ2) is 8.58. The fourth-order valence-electron chi connectivity index (χ4n) is 3.03. The van der Waals surface area contributed by atoms with Gasteiger partial charge in [-0.1, -0.05) is 12.1 Å². The van der Waals surface area contributed by atoms with Crippen LogP contribution in [0.3, 0.4) is 0 Å². The van der Waals surface area contributed by atoms with Gasteiger partial charge in [0, 0.05) is 50.7 Å². The summed E-state index contributed by atoms with van der Waals surface area (Å²) in [6, 6.07) is 10.3. The summed E-state index contributed by atoms with van der Waals surface area (Å²) in [5, 5.41) is 2.93. The third-order valence-corrected chi connectivity index (χ3v) is 4.44. The number of benzene rings is 1. The number of hydrogen-bond acceptors (Lipinski definition) is 4. The molecule has 1 aliphatic heterocycles. The van der Waals surface area contributed by atoms with Crippen molar-refractivity contribution < 1.29 is 9.18 Å². The molecule has 1 fully saturated rings. The van der Waals surface area contributed by atoms with Crippen molar-refractivity contribution >= 4 is 11.6 Å². The van der Waals surface area contributed by atoms with Crippen molar-refractivity contribution in [3.8, 4) is 0 Å². The van der Waals surface area contributed by atoms with Crippen LogP contribution >= 0.6 is 0 Å². The van der Waals surface area contributed by atoms with E-state index in [0.29, 0.717) is 17.8 Å². The Bertz CT molecular complexity index is 687. The maximum Gasteiger partial charge on any atom is 0.251 e. The molecule has 0 aliphatic carbocycles. The summed E-state index contributed by atoms with van der Waals surface area (Å²) < 4.78 is 13.8. The summed E-state index contributed by atoms with van der Waals surface area (Å²) in [7, 11) is 0. The molecule has 3 rings (SSSR count). The number of para-hydroxylation sites is 1. The van der Waals surface area contributed by atoms with Gasteiger partial charge in [-0.3, -0.25) is 14.7 Å². The van der Waals surface area contributed by atoms with E-state index in [1.165, 1.54) is 6.07 Å². The number of hydrogen-bond donors (Lipinski definition) is 1. The first kappa shape index (κ1) is 17.4. The summed E-state index contributed by atoms with van der Waals surface area (Å²) in [5.74, 6) is -0.221. The van der Waals surface area contributed by atoms with E-state index in [2.05, 4.69) is 20.1 Å². The van der Waals surface area contributed by atoms with Gasteiger partial charge in [-0.15, -0.1) is 0 Å². The molecule has 0 spiro atoms. The maximum atomic E-state index is 13.8. The van der Waals surface area contributed by atoms with Gasteiger partial charge in [-0.2, -0.15) is 0 Å². The zero-order valence-electron chi connectivity index (χ0n) is 14.2. The van der Waals surface area contributed by atoms with Gasteiger partial charge in [0.25, 0.3) is 5.91 Å². The van der Waals surface area contributed by atoms with Crippen LogP contribution in [-0.2, 0) is 0 Å². The number of carbonyl (C=O) groups excluding carboxylic acids is 1. The Kier molecular flexibility index (Phi) is 5.95. The van der Waals surface area contributed by atoms with Crippen molar-refractivity contribution in [3.05, 3.63) is 60.2 Å². The lowest BCUT2D eigenvalue weighted by Crippen LogP contribution is -2.47. The predicted molar refractivity (Wildman–Crippen MR) is 96.2 cm³/mol. The molecular weight excluding hydrogens is 319 g/mol. The van der Waals surface area contributed by atoms with Crippen LogP contribution in [0, 0.1) is 5.82 Å². The SMILES string of the molecule is O=C(NCCCN1CCN(c2ccccc2F)CC1)c1ccncc1. The Balaban J connectivity index is 1.36. The molecule has 2 aromatic rings. The van der Waals surface area contributed by atoms with Crippen molar-refractivity contribution in [1.29, 1.82) is 0 Å². The lowest BCUT2D eigenvalue weighted by atomic mass is 10.2. The zero-order chi connectivity index (χ0) is 17.5. The van der Waals surface area contributed by atoms with Gasteiger partial charge >= 0.3 is 0 Å². The highest BCUT2D eigenvalue weighted by Crippen LogP contribution is 2.20. The third-order valence-electron chi connectivity index (χ3n) is 4.44. The number of anilines is 1. The molecule has 6 heteroatoms. The van der Waals surface area contributed by atoms with Gasteiger partial charge in [-0.25, -0.2) is 4.39 Å². The summed E-state index contributed by atoms with van der Waals surface area (Å²) in [4.78, 5) is 20.3. The lowest BCUT2D eigenvalue weighted by molar-refractivity contribution is 0.0951. The quantitative estimate of drug-likeness (QED) is 0.818. The van der Waals surface area contributed by atoms with Gasteiger partial charge in [0.1, 0.15) is 5.82 Å². The van der Waals surface area contributed by atoms with Crippen LogP contribution in [0.25, 0.3) is 0 Å². The number of halogens is 1. The molecule has 0 unspecified atom stereocenters. The van der Waals surface area contributed by atoms with Crippen LogP contribution in [0.2, 0.25) is 0 Å². The fraction of sp³-hybridized carbons (Fsp3) is 0.368. The molecule has 1 N–H and O–H groups in total. The Morgan fingerprint density at radius 2 is 1.80 bits per heavy atom. The first-order valence-electron chi connectivity index (χ1n) is 8.64. The van der Waals surface area contributed by atoms with Crippen LogP contribution in [0.4, 0.5) is 10.1 Å². The van der Waals surface area contributed by atoms with Gasteiger partial charge in [0.05, 0.1) is 5.69 Å². The molecule has 5 nitrogen and oxygen atoms in total. The smallest absolute Gasteiger partial charge is 0.251 e. The molecule has 0 atom stereocenters. The number of nitrogens with zero attached hydrogens (tertiary/aromatic N) is 3. The monoisotopic (exact) mass is 342 g/mol.